The van der Waals surface area contributed by atoms with E-state index in [4.69, 9.17) is 5.73 Å². The second-order valence-electron chi connectivity index (χ2n) is 4.55. The number of rotatable bonds is 4. The summed E-state index contributed by atoms with van der Waals surface area (Å²) in [6.07, 6.45) is 3.11. The summed E-state index contributed by atoms with van der Waals surface area (Å²) in [6, 6.07) is 0.207. The van der Waals surface area contributed by atoms with Gasteiger partial charge in [-0.2, -0.15) is 11.8 Å². The predicted octanol–water partition coefficient (Wildman–Crippen LogP) is 1.18. The van der Waals surface area contributed by atoms with E-state index in [-0.39, 0.29) is 12.0 Å². The molecule has 4 heteroatoms. The maximum Gasteiger partial charge on any atom is 0.226 e. The lowest BCUT2D eigenvalue weighted by molar-refractivity contribution is -0.133. The van der Waals surface area contributed by atoms with E-state index in [1.807, 2.05) is 25.0 Å². The normalized spacial score (nSPS) is 25.3. The Balaban J connectivity index is 2.42. The van der Waals surface area contributed by atoms with Gasteiger partial charge in [-0.1, -0.05) is 6.92 Å². The fourth-order valence-corrected chi connectivity index (χ4v) is 2.69. The van der Waals surface area contributed by atoms with Gasteiger partial charge in [-0.25, -0.2) is 0 Å². The summed E-state index contributed by atoms with van der Waals surface area (Å²) in [6.45, 7) is 5.79. The molecule has 1 aliphatic rings. The Bertz CT molecular complexity index is 221. The van der Waals surface area contributed by atoms with Crippen molar-refractivity contribution in [2.24, 2.45) is 17.6 Å². The largest absolute Gasteiger partial charge is 0.342 e. The van der Waals surface area contributed by atoms with Crippen molar-refractivity contribution in [3.05, 3.63) is 0 Å². The van der Waals surface area contributed by atoms with Crippen LogP contribution in [-0.4, -0.2) is 41.9 Å². The first-order chi connectivity index (χ1) is 7.06. The van der Waals surface area contributed by atoms with E-state index in [2.05, 4.69) is 0 Å². The minimum Gasteiger partial charge on any atom is -0.342 e. The minimum atomic E-state index is 0.145. The van der Waals surface area contributed by atoms with Crippen LogP contribution in [0.1, 0.15) is 20.3 Å². The van der Waals surface area contributed by atoms with E-state index in [1.165, 1.54) is 0 Å². The molecule has 0 aliphatic carbocycles. The highest BCUT2D eigenvalue weighted by atomic mass is 32.2. The van der Waals surface area contributed by atoms with Crippen molar-refractivity contribution in [3.63, 3.8) is 0 Å². The maximum absolute atomic E-state index is 12.0. The SMILES string of the molecule is CSCC(C)C(=O)N1CCC(C(C)N)C1. The number of nitrogens with zero attached hydrogens (tertiary/aromatic N) is 1. The first kappa shape index (κ1) is 12.8. The molecule has 1 heterocycles. The molecule has 1 fully saturated rings. The van der Waals surface area contributed by atoms with Crippen LogP contribution < -0.4 is 5.73 Å². The van der Waals surface area contributed by atoms with Crippen LogP contribution in [0.2, 0.25) is 0 Å². The Hall–Kier alpha value is -0.220. The Labute approximate surface area is 96.8 Å². The van der Waals surface area contributed by atoms with Gasteiger partial charge in [-0.05, 0) is 25.5 Å². The first-order valence-electron chi connectivity index (χ1n) is 5.59. The van der Waals surface area contributed by atoms with Crippen LogP contribution in [0.15, 0.2) is 0 Å². The fourth-order valence-electron chi connectivity index (χ4n) is 2.05. The summed E-state index contributed by atoms with van der Waals surface area (Å²) in [5.74, 6) is 1.85. The first-order valence-corrected chi connectivity index (χ1v) is 6.99. The Kier molecular flexibility index (Phi) is 4.93. The van der Waals surface area contributed by atoms with Gasteiger partial charge in [0.25, 0.3) is 0 Å². The Morgan fingerprint density at radius 2 is 2.27 bits per heavy atom. The summed E-state index contributed by atoms with van der Waals surface area (Å²) >= 11 is 1.73. The molecule has 1 amide bonds. The molecule has 3 atom stereocenters. The molecule has 0 saturated carbocycles. The number of thioether (sulfide) groups is 1. The molecule has 1 rings (SSSR count). The topological polar surface area (TPSA) is 46.3 Å². The number of hydrogen-bond donors (Lipinski definition) is 1. The van der Waals surface area contributed by atoms with E-state index in [1.54, 1.807) is 11.8 Å². The van der Waals surface area contributed by atoms with E-state index in [9.17, 15) is 4.79 Å². The van der Waals surface area contributed by atoms with Crippen LogP contribution in [0.4, 0.5) is 0 Å². The number of hydrogen-bond acceptors (Lipinski definition) is 3. The van der Waals surface area contributed by atoms with Gasteiger partial charge in [-0.3, -0.25) is 4.79 Å². The van der Waals surface area contributed by atoms with E-state index >= 15 is 0 Å². The lowest BCUT2D eigenvalue weighted by atomic mass is 10.0. The zero-order chi connectivity index (χ0) is 11.4. The van der Waals surface area contributed by atoms with Gasteiger partial charge >= 0.3 is 0 Å². The van der Waals surface area contributed by atoms with Gasteiger partial charge in [0.1, 0.15) is 0 Å². The summed E-state index contributed by atoms with van der Waals surface area (Å²) in [4.78, 5) is 14.0. The van der Waals surface area contributed by atoms with Crippen molar-refractivity contribution in [2.75, 3.05) is 25.1 Å². The summed E-state index contributed by atoms with van der Waals surface area (Å²) < 4.78 is 0. The molecule has 1 saturated heterocycles. The standard InChI is InChI=1S/C11H22N2OS/c1-8(7-15-3)11(14)13-5-4-10(6-13)9(2)12/h8-10H,4-7,12H2,1-3H3. The Morgan fingerprint density at radius 1 is 1.60 bits per heavy atom. The van der Waals surface area contributed by atoms with Gasteiger partial charge < -0.3 is 10.6 Å². The quantitative estimate of drug-likeness (QED) is 0.789. The highest BCUT2D eigenvalue weighted by Crippen LogP contribution is 2.21. The zero-order valence-electron chi connectivity index (χ0n) is 9.90. The molecular formula is C11H22N2OS. The van der Waals surface area contributed by atoms with Gasteiger partial charge in [0.05, 0.1) is 0 Å². The van der Waals surface area contributed by atoms with Crippen LogP contribution in [0.3, 0.4) is 0 Å². The number of amides is 1. The van der Waals surface area contributed by atoms with Crippen LogP contribution in [-0.2, 0) is 4.79 Å². The van der Waals surface area contributed by atoms with Crippen molar-refractivity contribution in [1.82, 2.24) is 4.90 Å². The molecule has 0 radical (unpaired) electrons. The van der Waals surface area contributed by atoms with Crippen molar-refractivity contribution in [3.8, 4) is 0 Å². The molecule has 0 bridgehead atoms. The number of carbonyl (C=O) groups is 1. The van der Waals surface area contributed by atoms with Gasteiger partial charge in [0, 0.05) is 30.8 Å². The Morgan fingerprint density at radius 3 is 2.73 bits per heavy atom. The molecule has 0 aromatic heterocycles. The van der Waals surface area contributed by atoms with Crippen molar-refractivity contribution >= 4 is 17.7 Å². The molecule has 3 nitrogen and oxygen atoms in total. The molecule has 88 valence electrons. The molecule has 15 heavy (non-hydrogen) atoms. The number of likely N-dealkylation sites (tertiary alicyclic amines) is 1. The summed E-state index contributed by atoms with van der Waals surface area (Å²) in [5.41, 5.74) is 5.85. The van der Waals surface area contributed by atoms with Gasteiger partial charge in [0.15, 0.2) is 0 Å². The molecular weight excluding hydrogens is 208 g/mol. The molecule has 1 aliphatic heterocycles. The van der Waals surface area contributed by atoms with Gasteiger partial charge in [-0.15, -0.1) is 0 Å². The number of carbonyl (C=O) groups excluding carboxylic acids is 1. The van der Waals surface area contributed by atoms with Crippen LogP contribution in [0.5, 0.6) is 0 Å². The van der Waals surface area contributed by atoms with E-state index in [0.717, 1.165) is 25.3 Å². The third kappa shape index (κ3) is 3.38. The molecule has 3 unspecified atom stereocenters. The lowest BCUT2D eigenvalue weighted by Crippen LogP contribution is -2.36. The molecule has 0 aromatic rings. The van der Waals surface area contributed by atoms with Crippen molar-refractivity contribution < 1.29 is 4.79 Å². The molecule has 2 N–H and O–H groups in total. The lowest BCUT2D eigenvalue weighted by Gasteiger charge is -2.21. The average molecular weight is 230 g/mol. The predicted molar refractivity (Wildman–Crippen MR) is 65.9 cm³/mol. The molecule has 0 aromatic carbocycles. The highest BCUT2D eigenvalue weighted by Gasteiger charge is 2.30. The smallest absolute Gasteiger partial charge is 0.226 e. The minimum absolute atomic E-state index is 0.145. The van der Waals surface area contributed by atoms with Crippen molar-refractivity contribution in [2.45, 2.75) is 26.3 Å². The second-order valence-corrected chi connectivity index (χ2v) is 5.46. The maximum atomic E-state index is 12.0. The van der Waals surface area contributed by atoms with E-state index in [0.29, 0.717) is 11.8 Å². The van der Waals surface area contributed by atoms with Crippen LogP contribution in [0, 0.1) is 11.8 Å². The highest BCUT2D eigenvalue weighted by molar-refractivity contribution is 7.98. The van der Waals surface area contributed by atoms with Gasteiger partial charge in [0.2, 0.25) is 5.91 Å². The second kappa shape index (κ2) is 5.75. The zero-order valence-corrected chi connectivity index (χ0v) is 10.7. The third-order valence-electron chi connectivity index (χ3n) is 3.12. The fraction of sp³-hybridized carbons (Fsp3) is 0.909. The van der Waals surface area contributed by atoms with E-state index < -0.39 is 0 Å². The third-order valence-corrected chi connectivity index (χ3v) is 3.95. The summed E-state index contributed by atoms with van der Waals surface area (Å²) in [7, 11) is 0. The summed E-state index contributed by atoms with van der Waals surface area (Å²) in [5, 5.41) is 0. The molecule has 0 spiro atoms. The van der Waals surface area contributed by atoms with Crippen LogP contribution in [0.25, 0.3) is 0 Å². The average Bonchev–Trinajstić information content (AvgIpc) is 2.65. The monoisotopic (exact) mass is 230 g/mol. The number of nitrogens with two attached hydrogens (primary N) is 1. The van der Waals surface area contributed by atoms with Crippen molar-refractivity contribution in [1.29, 1.82) is 0 Å². The van der Waals surface area contributed by atoms with Crippen LogP contribution >= 0.6 is 11.8 Å².